The van der Waals surface area contributed by atoms with Gasteiger partial charge in [-0.15, -0.1) is 0 Å². The molecular weight excluding hydrogens is 426 g/mol. The van der Waals surface area contributed by atoms with E-state index in [2.05, 4.69) is 88.4 Å². The molecule has 0 fully saturated rings. The number of hydrogen-bond donors (Lipinski definition) is 2. The van der Waals surface area contributed by atoms with Gasteiger partial charge >= 0.3 is 0 Å². The Kier molecular flexibility index (Phi) is 4.59. The molecule has 0 unspecified atom stereocenters. The first kappa shape index (κ1) is 20.1. The molecule has 0 bridgehead atoms. The minimum Gasteiger partial charge on any atom is -0.342 e. The molecule has 0 aliphatic rings. The number of benzene rings is 3. The van der Waals surface area contributed by atoms with Crippen molar-refractivity contribution in [2.24, 2.45) is 0 Å². The number of imidazole rings is 2. The summed E-state index contributed by atoms with van der Waals surface area (Å²) in [6, 6.07) is 13.4. The number of H-pyrrole nitrogens is 2. The molecule has 0 spiro atoms. The molecule has 0 atom stereocenters. The molecule has 6 heteroatoms. The zero-order chi connectivity index (χ0) is 22.7. The number of nitrogens with one attached hydrogen (secondary N) is 2. The summed E-state index contributed by atoms with van der Waals surface area (Å²) in [7, 11) is 0. The molecule has 0 aliphatic carbocycles. The van der Waals surface area contributed by atoms with Crippen molar-refractivity contribution >= 4 is 43.2 Å². The van der Waals surface area contributed by atoms with E-state index in [9.17, 15) is 0 Å². The van der Waals surface area contributed by atoms with E-state index >= 15 is 0 Å². The van der Waals surface area contributed by atoms with Gasteiger partial charge in [0.15, 0.2) is 0 Å². The predicted octanol–water partition coefficient (Wildman–Crippen LogP) is 7.63. The number of nitrogens with zero attached hydrogens (tertiary/aromatic N) is 3. The highest BCUT2D eigenvalue weighted by Crippen LogP contribution is 2.40. The lowest BCUT2D eigenvalue weighted by molar-refractivity contribution is 0.795. The summed E-state index contributed by atoms with van der Waals surface area (Å²) in [6.07, 6.45) is 5.87. The van der Waals surface area contributed by atoms with Gasteiger partial charge in [-0.05, 0) is 39.8 Å². The first-order chi connectivity index (χ1) is 16.0. The quantitative estimate of drug-likeness (QED) is 0.271. The van der Waals surface area contributed by atoms with E-state index in [0.29, 0.717) is 11.8 Å². The van der Waals surface area contributed by atoms with Crippen LogP contribution in [0.4, 0.5) is 0 Å². The highest BCUT2D eigenvalue weighted by molar-refractivity contribution is 7.14. The van der Waals surface area contributed by atoms with Gasteiger partial charge in [0.05, 0.1) is 28.5 Å². The molecule has 2 N–H and O–H groups in total. The van der Waals surface area contributed by atoms with Crippen LogP contribution in [0.3, 0.4) is 0 Å². The Morgan fingerprint density at radius 2 is 1.18 bits per heavy atom. The van der Waals surface area contributed by atoms with Crippen molar-refractivity contribution in [3.63, 3.8) is 0 Å². The van der Waals surface area contributed by atoms with Crippen LogP contribution in [-0.4, -0.2) is 24.3 Å². The van der Waals surface area contributed by atoms with Crippen molar-refractivity contribution < 1.29 is 0 Å². The lowest BCUT2D eigenvalue weighted by Gasteiger charge is -2.10. The molecule has 3 aromatic heterocycles. The Hall–Kier alpha value is -3.51. The fraction of sp³-hybridized carbons (Fsp3) is 0.222. The van der Waals surface area contributed by atoms with E-state index in [1.807, 2.05) is 18.6 Å². The third-order valence-corrected chi connectivity index (χ3v) is 7.17. The van der Waals surface area contributed by atoms with Gasteiger partial charge in [-0.25, -0.2) is 9.97 Å². The molecule has 3 aromatic carbocycles. The smallest absolute Gasteiger partial charge is 0.109 e. The summed E-state index contributed by atoms with van der Waals surface area (Å²) in [5.74, 6) is 2.77. The monoisotopic (exact) mass is 451 g/mol. The first-order valence-corrected chi connectivity index (χ1v) is 12.1. The van der Waals surface area contributed by atoms with Crippen LogP contribution in [0, 0.1) is 0 Å². The SMILES string of the molecule is CC(C)c1ncc(-c2ccc3c(c2)c2cnsc2c2cc(-c4cnc(C(C)C)[nH]4)ccc32)[nH]1. The van der Waals surface area contributed by atoms with E-state index in [4.69, 9.17) is 0 Å². The van der Waals surface area contributed by atoms with Gasteiger partial charge in [0.1, 0.15) is 11.6 Å². The maximum absolute atomic E-state index is 4.56. The van der Waals surface area contributed by atoms with Crippen LogP contribution >= 0.6 is 11.5 Å². The molecule has 0 amide bonds. The maximum Gasteiger partial charge on any atom is 0.109 e. The highest BCUT2D eigenvalue weighted by atomic mass is 32.1. The van der Waals surface area contributed by atoms with Gasteiger partial charge in [-0.1, -0.05) is 52.0 Å². The number of hydrogen-bond acceptors (Lipinski definition) is 4. The molecule has 6 aromatic rings. The van der Waals surface area contributed by atoms with Gasteiger partial charge < -0.3 is 9.97 Å². The van der Waals surface area contributed by atoms with Gasteiger partial charge in [0.25, 0.3) is 0 Å². The van der Waals surface area contributed by atoms with E-state index in [1.165, 1.54) is 31.6 Å². The van der Waals surface area contributed by atoms with Crippen molar-refractivity contribution in [2.75, 3.05) is 0 Å². The molecule has 3 heterocycles. The molecule has 0 aliphatic heterocycles. The Balaban J connectivity index is 1.55. The number of aromatic nitrogens is 5. The summed E-state index contributed by atoms with van der Waals surface area (Å²) in [5.41, 5.74) is 4.39. The standard InChI is InChI=1S/C27H25N5S/c1-14(2)26-28-12-23(31-26)16-5-7-18-19-8-6-17(24-13-29-27(32-24)15(3)4)10-21(19)25-22(11-30-33-25)20(18)9-16/h5-15H,1-4H3,(H,28,31)(H,29,32). The number of fused-ring (bicyclic) bond motifs is 6. The van der Waals surface area contributed by atoms with Crippen molar-refractivity contribution in [3.8, 4) is 22.5 Å². The van der Waals surface area contributed by atoms with Crippen LogP contribution in [0.25, 0.3) is 54.1 Å². The molecule has 164 valence electrons. The van der Waals surface area contributed by atoms with E-state index in [-0.39, 0.29) is 0 Å². The lowest BCUT2D eigenvalue weighted by atomic mass is 9.95. The summed E-state index contributed by atoms with van der Waals surface area (Å²) in [5, 5.41) is 6.13. The van der Waals surface area contributed by atoms with Crippen LogP contribution in [0.2, 0.25) is 0 Å². The summed E-state index contributed by atoms with van der Waals surface area (Å²) in [6.45, 7) is 8.60. The van der Waals surface area contributed by atoms with Gasteiger partial charge in [-0.2, -0.15) is 4.37 Å². The predicted molar refractivity (Wildman–Crippen MR) is 138 cm³/mol. The average molecular weight is 452 g/mol. The van der Waals surface area contributed by atoms with Crippen LogP contribution in [0.5, 0.6) is 0 Å². The normalized spacial score (nSPS) is 12.2. The van der Waals surface area contributed by atoms with Crippen LogP contribution in [0.15, 0.2) is 55.0 Å². The fourth-order valence-electron chi connectivity index (χ4n) is 4.48. The lowest BCUT2D eigenvalue weighted by Crippen LogP contribution is -1.90. The summed E-state index contributed by atoms with van der Waals surface area (Å²) >= 11 is 1.56. The largest absolute Gasteiger partial charge is 0.342 e. The van der Waals surface area contributed by atoms with Crippen LogP contribution < -0.4 is 0 Å². The molecule has 33 heavy (non-hydrogen) atoms. The molecule has 6 rings (SSSR count). The van der Waals surface area contributed by atoms with Crippen molar-refractivity contribution in [1.82, 2.24) is 24.3 Å². The molecule has 5 nitrogen and oxygen atoms in total. The number of rotatable bonds is 4. The summed E-state index contributed by atoms with van der Waals surface area (Å²) < 4.78 is 5.78. The molecule has 0 radical (unpaired) electrons. The van der Waals surface area contributed by atoms with Gasteiger partial charge in [0.2, 0.25) is 0 Å². The Morgan fingerprint density at radius 3 is 1.73 bits per heavy atom. The molecule has 0 saturated heterocycles. The summed E-state index contributed by atoms with van der Waals surface area (Å²) in [4.78, 5) is 16.1. The fourth-order valence-corrected chi connectivity index (χ4v) is 5.27. The minimum atomic E-state index is 0.372. The zero-order valence-corrected chi connectivity index (χ0v) is 19.9. The van der Waals surface area contributed by atoms with Gasteiger partial charge in [-0.3, -0.25) is 0 Å². The zero-order valence-electron chi connectivity index (χ0n) is 19.1. The second kappa shape index (κ2) is 7.52. The highest BCUT2D eigenvalue weighted by Gasteiger charge is 2.15. The third kappa shape index (κ3) is 3.25. The molecule has 0 saturated carbocycles. The Morgan fingerprint density at radius 1 is 0.636 bits per heavy atom. The number of aromatic amines is 2. The minimum absolute atomic E-state index is 0.372. The van der Waals surface area contributed by atoms with Crippen molar-refractivity contribution in [2.45, 2.75) is 39.5 Å². The maximum atomic E-state index is 4.56. The average Bonchev–Trinajstić information content (AvgIpc) is 3.59. The Labute approximate surface area is 196 Å². The van der Waals surface area contributed by atoms with E-state index in [0.717, 1.165) is 34.2 Å². The second-order valence-corrected chi connectivity index (χ2v) is 10.1. The second-order valence-electron chi connectivity index (χ2n) is 9.26. The first-order valence-electron chi connectivity index (χ1n) is 11.3. The van der Waals surface area contributed by atoms with Crippen molar-refractivity contribution in [1.29, 1.82) is 0 Å². The van der Waals surface area contributed by atoms with E-state index < -0.39 is 0 Å². The van der Waals surface area contributed by atoms with Crippen LogP contribution in [-0.2, 0) is 0 Å². The van der Waals surface area contributed by atoms with E-state index in [1.54, 1.807) is 11.5 Å². The Bertz CT molecular complexity index is 1510. The van der Waals surface area contributed by atoms with Crippen molar-refractivity contribution in [3.05, 3.63) is 66.6 Å². The van der Waals surface area contributed by atoms with Gasteiger partial charge in [0, 0.05) is 39.9 Å². The molecular formula is C27H25N5S. The topological polar surface area (TPSA) is 70.2 Å². The van der Waals surface area contributed by atoms with Crippen LogP contribution in [0.1, 0.15) is 51.2 Å². The third-order valence-electron chi connectivity index (χ3n) is 6.34.